The van der Waals surface area contributed by atoms with Gasteiger partial charge in [0.25, 0.3) is 11.5 Å². The molecule has 174 valence electrons. The Labute approximate surface area is 191 Å². The van der Waals surface area contributed by atoms with Gasteiger partial charge in [-0.15, -0.1) is 0 Å². The van der Waals surface area contributed by atoms with E-state index >= 15 is 0 Å². The number of carbonyl (C=O) groups excluding carboxylic acids is 2. The number of anilines is 1. The summed E-state index contributed by atoms with van der Waals surface area (Å²) < 4.78 is 45.7. The summed E-state index contributed by atoms with van der Waals surface area (Å²) in [6.45, 7) is 3.10. The highest BCUT2D eigenvalue weighted by atomic mass is 35.5. The molecular weight excluding hydrogens is 463 g/mol. The number of rotatable bonds is 6. The molecule has 1 amide bonds. The van der Waals surface area contributed by atoms with Crippen LogP contribution in [0.5, 0.6) is 0 Å². The van der Waals surface area contributed by atoms with Crippen LogP contribution in [0.1, 0.15) is 29.9 Å². The Kier molecular flexibility index (Phi) is 7.06. The average molecular weight is 482 g/mol. The van der Waals surface area contributed by atoms with E-state index in [2.05, 4.69) is 5.10 Å². The third-order valence-corrected chi connectivity index (χ3v) is 4.83. The minimum absolute atomic E-state index is 0.0597. The van der Waals surface area contributed by atoms with Gasteiger partial charge in [-0.3, -0.25) is 9.59 Å². The van der Waals surface area contributed by atoms with Gasteiger partial charge < -0.3 is 10.1 Å². The van der Waals surface area contributed by atoms with Crippen LogP contribution in [-0.4, -0.2) is 28.3 Å². The molecule has 0 fully saturated rings. The highest BCUT2D eigenvalue weighted by Gasteiger charge is 2.35. The van der Waals surface area contributed by atoms with Crippen molar-refractivity contribution in [1.29, 1.82) is 0 Å². The number of nitrogens with one attached hydrogen (secondary N) is 1. The Hall–Kier alpha value is -3.40. The second kappa shape index (κ2) is 9.62. The first kappa shape index (κ1) is 24.2. The average Bonchev–Trinajstić information content (AvgIpc) is 2.74. The maximum Gasteiger partial charge on any atom is 0.418 e. The third-order valence-electron chi connectivity index (χ3n) is 4.52. The first-order valence-electron chi connectivity index (χ1n) is 9.81. The van der Waals surface area contributed by atoms with E-state index in [1.165, 1.54) is 18.2 Å². The Morgan fingerprint density at radius 2 is 1.79 bits per heavy atom. The Balaban J connectivity index is 1.83. The molecule has 1 heterocycles. The van der Waals surface area contributed by atoms with Gasteiger partial charge in [-0.05, 0) is 24.1 Å². The minimum Gasteiger partial charge on any atom is -0.451 e. The fraction of sp³-hybridized carbons (Fsp3) is 0.273. The molecule has 1 N–H and O–H groups in total. The van der Waals surface area contributed by atoms with Crippen LogP contribution in [0, 0.1) is 5.92 Å². The van der Waals surface area contributed by atoms with E-state index in [-0.39, 0.29) is 39.5 Å². The summed E-state index contributed by atoms with van der Waals surface area (Å²) in [5.41, 5.74) is -2.34. The van der Waals surface area contributed by atoms with Gasteiger partial charge in [0.2, 0.25) is 0 Å². The van der Waals surface area contributed by atoms with Crippen LogP contribution >= 0.6 is 11.6 Å². The van der Waals surface area contributed by atoms with Gasteiger partial charge in [0.1, 0.15) is 0 Å². The molecule has 0 bridgehead atoms. The van der Waals surface area contributed by atoms with Gasteiger partial charge in [0.15, 0.2) is 12.3 Å². The maximum atomic E-state index is 13.2. The third kappa shape index (κ3) is 5.51. The van der Waals surface area contributed by atoms with Crippen LogP contribution in [0.3, 0.4) is 0 Å². The first-order valence-corrected chi connectivity index (χ1v) is 10.2. The number of esters is 1. The number of nitrogens with zero attached hydrogens (tertiary/aromatic N) is 2. The number of fused-ring (bicyclic) bond motifs is 1. The molecular formula is C22H19ClF3N3O4. The summed E-state index contributed by atoms with van der Waals surface area (Å²) in [6, 6.07) is 9.34. The van der Waals surface area contributed by atoms with Crippen molar-refractivity contribution in [2.75, 3.05) is 11.9 Å². The van der Waals surface area contributed by atoms with Crippen LogP contribution in [-0.2, 0) is 22.3 Å². The molecule has 0 radical (unpaired) electrons. The zero-order valence-electron chi connectivity index (χ0n) is 17.6. The van der Waals surface area contributed by atoms with E-state index in [1.807, 2.05) is 19.2 Å². The summed E-state index contributed by atoms with van der Waals surface area (Å²) in [4.78, 5) is 37.5. The molecule has 0 unspecified atom stereocenters. The molecule has 33 heavy (non-hydrogen) atoms. The zero-order chi connectivity index (χ0) is 24.3. The van der Waals surface area contributed by atoms with Crippen molar-refractivity contribution in [3.05, 3.63) is 69.1 Å². The van der Waals surface area contributed by atoms with Gasteiger partial charge in [-0.1, -0.05) is 49.7 Å². The fourth-order valence-corrected chi connectivity index (χ4v) is 3.34. The van der Waals surface area contributed by atoms with E-state index in [4.69, 9.17) is 16.3 Å². The lowest BCUT2D eigenvalue weighted by Crippen LogP contribution is -2.29. The molecule has 0 aliphatic heterocycles. The number of ether oxygens (including phenoxy) is 1. The molecule has 7 nitrogen and oxygen atoms in total. The highest BCUT2D eigenvalue weighted by Crippen LogP contribution is 2.38. The molecule has 0 aliphatic rings. The lowest BCUT2D eigenvalue weighted by atomic mass is 10.1. The number of halogens is 4. The fourth-order valence-electron chi connectivity index (χ4n) is 3.12. The summed E-state index contributed by atoms with van der Waals surface area (Å²) >= 11 is 5.81. The van der Waals surface area contributed by atoms with Gasteiger partial charge in [-0.2, -0.15) is 18.3 Å². The smallest absolute Gasteiger partial charge is 0.418 e. The molecule has 0 aliphatic carbocycles. The number of hydrogen-bond donors (Lipinski definition) is 1. The van der Waals surface area contributed by atoms with Crippen molar-refractivity contribution in [2.24, 2.45) is 5.92 Å². The molecule has 0 spiro atoms. The number of amides is 1. The molecule has 2 aromatic carbocycles. The predicted molar refractivity (Wildman–Crippen MR) is 116 cm³/mol. The molecule has 3 rings (SSSR count). The molecule has 0 saturated heterocycles. The van der Waals surface area contributed by atoms with Gasteiger partial charge in [0, 0.05) is 11.9 Å². The van der Waals surface area contributed by atoms with Crippen molar-refractivity contribution >= 4 is 39.9 Å². The predicted octanol–water partition coefficient (Wildman–Crippen LogP) is 4.52. The van der Waals surface area contributed by atoms with Crippen molar-refractivity contribution in [3.63, 3.8) is 0 Å². The van der Waals surface area contributed by atoms with Gasteiger partial charge in [-0.25, -0.2) is 9.48 Å². The van der Waals surface area contributed by atoms with E-state index in [9.17, 15) is 27.6 Å². The molecule has 3 aromatic rings. The lowest BCUT2D eigenvalue weighted by Gasteiger charge is -2.15. The quantitative estimate of drug-likeness (QED) is 0.523. The van der Waals surface area contributed by atoms with Crippen molar-refractivity contribution in [2.45, 2.75) is 26.6 Å². The van der Waals surface area contributed by atoms with Crippen molar-refractivity contribution in [1.82, 2.24) is 9.78 Å². The van der Waals surface area contributed by atoms with Crippen molar-refractivity contribution < 1.29 is 27.5 Å². The van der Waals surface area contributed by atoms with Crippen LogP contribution in [0.25, 0.3) is 10.8 Å². The summed E-state index contributed by atoms with van der Waals surface area (Å²) in [5.74, 6) is -1.97. The van der Waals surface area contributed by atoms with Crippen LogP contribution in [0.15, 0.2) is 47.3 Å². The highest BCUT2D eigenvalue weighted by molar-refractivity contribution is 6.34. The molecule has 0 saturated carbocycles. The first-order chi connectivity index (χ1) is 15.5. The second-order valence-electron chi connectivity index (χ2n) is 7.56. The number of benzene rings is 2. The SMILES string of the molecule is CC(C)Cn1nc(C(=O)OCC(=O)Nc2c(Cl)cccc2C(F)(F)F)c2ccccc2c1=O. The molecule has 11 heteroatoms. The largest absolute Gasteiger partial charge is 0.451 e. The van der Waals surface area contributed by atoms with Crippen LogP contribution in [0.4, 0.5) is 18.9 Å². The lowest BCUT2D eigenvalue weighted by molar-refractivity contribution is -0.137. The standard InChI is InChI=1S/C22H19ClF3N3O4/c1-12(2)10-29-20(31)14-7-4-3-6-13(14)18(28-29)21(32)33-11-17(30)27-19-15(22(24,25)26)8-5-9-16(19)23/h3-9,12H,10-11H2,1-2H3,(H,27,30). The monoisotopic (exact) mass is 481 g/mol. The topological polar surface area (TPSA) is 90.3 Å². The van der Waals surface area contributed by atoms with Crippen LogP contribution < -0.4 is 10.9 Å². The Bertz CT molecular complexity index is 1270. The Morgan fingerprint density at radius 3 is 2.42 bits per heavy atom. The van der Waals surface area contributed by atoms with Gasteiger partial charge >= 0.3 is 12.1 Å². The summed E-state index contributed by atoms with van der Waals surface area (Å²) in [6.07, 6.45) is -4.75. The van der Waals surface area contributed by atoms with Gasteiger partial charge in [0.05, 0.1) is 21.7 Å². The van der Waals surface area contributed by atoms with E-state index in [1.54, 1.807) is 12.1 Å². The summed E-state index contributed by atoms with van der Waals surface area (Å²) in [7, 11) is 0. The number of carbonyl (C=O) groups is 2. The number of para-hydroxylation sites is 1. The second-order valence-corrected chi connectivity index (χ2v) is 7.97. The Morgan fingerprint density at radius 1 is 1.12 bits per heavy atom. The van der Waals surface area contributed by atoms with Crippen LogP contribution in [0.2, 0.25) is 5.02 Å². The summed E-state index contributed by atoms with van der Waals surface area (Å²) in [5, 5.41) is 6.28. The van der Waals surface area contributed by atoms with E-state index in [0.717, 1.165) is 16.8 Å². The molecule has 0 atom stereocenters. The number of aromatic nitrogens is 2. The minimum atomic E-state index is -4.75. The van der Waals surface area contributed by atoms with E-state index < -0.39 is 35.9 Å². The maximum absolute atomic E-state index is 13.2. The normalized spacial score (nSPS) is 11.6. The number of alkyl halides is 3. The molecule has 1 aromatic heterocycles. The zero-order valence-corrected chi connectivity index (χ0v) is 18.3. The van der Waals surface area contributed by atoms with E-state index in [0.29, 0.717) is 0 Å². The van der Waals surface area contributed by atoms with Crippen molar-refractivity contribution in [3.8, 4) is 0 Å². The number of hydrogen-bond acceptors (Lipinski definition) is 5.